The van der Waals surface area contributed by atoms with Crippen LogP contribution in [0.4, 0.5) is 0 Å². The lowest BCUT2D eigenvalue weighted by Crippen LogP contribution is -2.42. The van der Waals surface area contributed by atoms with Crippen LogP contribution in [0, 0.1) is 6.92 Å². The van der Waals surface area contributed by atoms with Crippen LogP contribution in [0.2, 0.25) is 0 Å². The first kappa shape index (κ1) is 24.5. The second-order valence-corrected chi connectivity index (χ2v) is 10.6. The summed E-state index contributed by atoms with van der Waals surface area (Å²) in [5.41, 5.74) is 2.39. The fourth-order valence-electron chi connectivity index (χ4n) is 5.07. The van der Waals surface area contributed by atoms with Crippen molar-refractivity contribution in [3.05, 3.63) is 81.4 Å². The number of aryl methyl sites for hydroxylation is 1. The molecular weight excluding hydrogens is 498 g/mol. The van der Waals surface area contributed by atoms with Gasteiger partial charge in [-0.25, -0.2) is 9.78 Å². The number of aromatic nitrogens is 3. The molecule has 0 unspecified atom stereocenters. The first-order valence-corrected chi connectivity index (χ1v) is 13.7. The average molecular weight is 528 g/mol. The summed E-state index contributed by atoms with van der Waals surface area (Å²) in [6, 6.07) is 17.5. The number of ether oxygens (including phenoxy) is 1. The van der Waals surface area contributed by atoms with Crippen LogP contribution in [0.25, 0.3) is 32.7 Å². The number of nitrogens with zero attached hydrogens (tertiary/aromatic N) is 3. The van der Waals surface area contributed by atoms with Crippen molar-refractivity contribution >= 4 is 38.3 Å². The van der Waals surface area contributed by atoms with Crippen molar-refractivity contribution in [3.63, 3.8) is 0 Å². The SMILES string of the molecule is Cc1cc(Oc2ccccc2)ccc1-n1c(=O)nc2c(=C(O)CNC[C@@H]3CCCCN3)sc3nccc1c32. The summed E-state index contributed by atoms with van der Waals surface area (Å²) in [6.45, 7) is 4.07. The van der Waals surface area contributed by atoms with Gasteiger partial charge in [-0.15, -0.1) is 11.3 Å². The van der Waals surface area contributed by atoms with Gasteiger partial charge in [0.05, 0.1) is 27.7 Å². The van der Waals surface area contributed by atoms with Crippen LogP contribution < -0.4 is 25.6 Å². The lowest BCUT2D eigenvalue weighted by Gasteiger charge is -2.23. The monoisotopic (exact) mass is 527 g/mol. The van der Waals surface area contributed by atoms with Crippen LogP contribution in [0.15, 0.2) is 65.6 Å². The van der Waals surface area contributed by atoms with E-state index in [-0.39, 0.29) is 5.76 Å². The molecule has 0 amide bonds. The van der Waals surface area contributed by atoms with Gasteiger partial charge in [0.25, 0.3) is 0 Å². The zero-order valence-electron chi connectivity index (χ0n) is 21.1. The number of rotatable bonds is 7. The standard InChI is InChI=1S/C29H29N5O3S/c1-18-15-21(37-20-8-3-2-4-9-20)10-11-22(18)34-23-12-14-32-28-25(23)26(33-29(34)36)27(38-28)24(35)17-30-16-19-7-5-6-13-31-19/h2-4,8-12,14-15,19,30-31,35H,5-7,13,16-17H2,1H3/t19-/m0/s1. The highest BCUT2D eigenvalue weighted by molar-refractivity contribution is 7.17. The minimum Gasteiger partial charge on any atom is -0.509 e. The van der Waals surface area contributed by atoms with Crippen LogP contribution in [0.3, 0.4) is 0 Å². The van der Waals surface area contributed by atoms with Crippen molar-refractivity contribution < 1.29 is 9.84 Å². The summed E-state index contributed by atoms with van der Waals surface area (Å²) in [4.78, 5) is 23.1. The molecule has 0 radical (unpaired) electrons. The summed E-state index contributed by atoms with van der Waals surface area (Å²) >= 11 is 1.36. The molecular formula is C29H29N5O3S. The lowest BCUT2D eigenvalue weighted by molar-refractivity contribution is 0.382. The fraction of sp³-hybridized carbons (Fsp3) is 0.276. The number of nitrogens with one attached hydrogen (secondary N) is 2. The Morgan fingerprint density at radius 2 is 2.05 bits per heavy atom. The maximum Gasteiger partial charge on any atom is 0.353 e. The Morgan fingerprint density at radius 3 is 2.84 bits per heavy atom. The molecule has 0 spiro atoms. The van der Waals surface area contributed by atoms with E-state index in [9.17, 15) is 9.90 Å². The van der Waals surface area contributed by atoms with Gasteiger partial charge >= 0.3 is 5.69 Å². The molecule has 5 aromatic rings. The van der Waals surface area contributed by atoms with Gasteiger partial charge in [-0.3, -0.25) is 4.57 Å². The molecule has 0 saturated carbocycles. The van der Waals surface area contributed by atoms with Gasteiger partial charge < -0.3 is 20.5 Å². The smallest absolute Gasteiger partial charge is 0.353 e. The fourth-order valence-corrected chi connectivity index (χ4v) is 6.12. The molecule has 1 aliphatic heterocycles. The molecule has 3 N–H and O–H groups in total. The molecule has 6 rings (SSSR count). The first-order valence-electron chi connectivity index (χ1n) is 12.9. The number of benzene rings is 2. The van der Waals surface area contributed by atoms with Crippen LogP contribution >= 0.6 is 11.3 Å². The maximum absolute atomic E-state index is 13.4. The van der Waals surface area contributed by atoms with Gasteiger partial charge in [0, 0.05) is 18.8 Å². The van der Waals surface area contributed by atoms with Gasteiger partial charge in [0.1, 0.15) is 27.6 Å². The van der Waals surface area contributed by atoms with Crippen molar-refractivity contribution in [1.29, 1.82) is 0 Å². The van der Waals surface area contributed by atoms with Crippen LogP contribution in [-0.4, -0.2) is 45.3 Å². The first-order chi connectivity index (χ1) is 18.6. The maximum atomic E-state index is 13.4. The Bertz CT molecular complexity index is 1710. The third kappa shape index (κ3) is 4.76. The number of hydrogen-bond acceptors (Lipinski definition) is 8. The summed E-state index contributed by atoms with van der Waals surface area (Å²) < 4.78 is 8.16. The number of piperidine rings is 1. The van der Waals surface area contributed by atoms with E-state index < -0.39 is 5.69 Å². The van der Waals surface area contributed by atoms with Gasteiger partial charge in [0.15, 0.2) is 0 Å². The predicted molar refractivity (Wildman–Crippen MR) is 152 cm³/mol. The molecule has 2 aromatic carbocycles. The van der Waals surface area contributed by atoms with Crippen LogP contribution in [0.1, 0.15) is 24.8 Å². The minimum absolute atomic E-state index is 0.174. The topological polar surface area (TPSA) is 101 Å². The number of pyridine rings is 1. The predicted octanol–water partition coefficient (Wildman–Crippen LogP) is 4.21. The number of hydrogen-bond donors (Lipinski definition) is 3. The Morgan fingerprint density at radius 1 is 1.18 bits per heavy atom. The molecule has 1 aliphatic rings. The highest BCUT2D eigenvalue weighted by atomic mass is 32.1. The van der Waals surface area contributed by atoms with Crippen LogP contribution in [0.5, 0.6) is 11.5 Å². The normalized spacial score (nSPS) is 16.7. The van der Waals surface area contributed by atoms with Crippen molar-refractivity contribution in [3.8, 4) is 17.2 Å². The zero-order valence-corrected chi connectivity index (χ0v) is 21.9. The number of aliphatic hydroxyl groups excluding tert-OH is 1. The Labute approximate surface area is 223 Å². The summed E-state index contributed by atoms with van der Waals surface area (Å²) in [5, 5.41) is 18.6. The van der Waals surface area contributed by atoms with Gasteiger partial charge in [0.2, 0.25) is 0 Å². The van der Waals surface area contributed by atoms with Crippen molar-refractivity contribution in [2.45, 2.75) is 32.2 Å². The van der Waals surface area contributed by atoms with E-state index in [1.54, 1.807) is 10.8 Å². The molecule has 3 aromatic heterocycles. The Hall–Kier alpha value is -3.79. The second kappa shape index (κ2) is 10.5. The number of aliphatic hydroxyl groups is 1. The van der Waals surface area contributed by atoms with E-state index in [0.29, 0.717) is 33.9 Å². The third-order valence-electron chi connectivity index (χ3n) is 6.93. The summed E-state index contributed by atoms with van der Waals surface area (Å²) in [5.74, 6) is 1.61. The molecule has 0 aliphatic carbocycles. The highest BCUT2D eigenvalue weighted by Gasteiger charge is 2.19. The number of thiophene rings is 1. The molecule has 1 atom stereocenters. The summed E-state index contributed by atoms with van der Waals surface area (Å²) in [7, 11) is 0. The van der Waals surface area contributed by atoms with E-state index >= 15 is 0 Å². The van der Waals surface area contributed by atoms with Gasteiger partial charge in [-0.1, -0.05) is 24.6 Å². The summed E-state index contributed by atoms with van der Waals surface area (Å²) in [6.07, 6.45) is 5.27. The zero-order chi connectivity index (χ0) is 26.1. The minimum atomic E-state index is -0.406. The molecule has 38 heavy (non-hydrogen) atoms. The second-order valence-electron chi connectivity index (χ2n) is 9.61. The molecule has 0 bridgehead atoms. The quantitative estimate of drug-likeness (QED) is 0.291. The Balaban J connectivity index is 1.36. The average Bonchev–Trinajstić information content (AvgIpc) is 3.30. The van der Waals surface area contributed by atoms with Gasteiger partial charge in [-0.2, -0.15) is 4.98 Å². The largest absolute Gasteiger partial charge is 0.509 e. The van der Waals surface area contributed by atoms with Gasteiger partial charge in [-0.05, 0) is 68.3 Å². The van der Waals surface area contributed by atoms with Crippen molar-refractivity contribution in [2.24, 2.45) is 0 Å². The van der Waals surface area contributed by atoms with E-state index in [1.165, 1.54) is 24.2 Å². The van der Waals surface area contributed by atoms with E-state index in [4.69, 9.17) is 4.74 Å². The lowest BCUT2D eigenvalue weighted by atomic mass is 10.1. The van der Waals surface area contributed by atoms with E-state index in [2.05, 4.69) is 20.6 Å². The Kier molecular flexibility index (Phi) is 6.80. The van der Waals surface area contributed by atoms with E-state index in [1.807, 2.05) is 61.5 Å². The molecule has 194 valence electrons. The number of para-hydroxylation sites is 1. The molecule has 1 saturated heterocycles. The molecule has 9 heteroatoms. The highest BCUT2D eigenvalue weighted by Crippen LogP contribution is 2.29. The molecule has 1 fully saturated rings. The molecule has 8 nitrogen and oxygen atoms in total. The van der Waals surface area contributed by atoms with Crippen LogP contribution in [-0.2, 0) is 0 Å². The third-order valence-corrected chi connectivity index (χ3v) is 8.07. The van der Waals surface area contributed by atoms with Crippen molar-refractivity contribution in [1.82, 2.24) is 25.2 Å². The van der Waals surface area contributed by atoms with E-state index in [0.717, 1.165) is 46.7 Å². The molecule has 4 heterocycles. The van der Waals surface area contributed by atoms with Crippen molar-refractivity contribution in [2.75, 3.05) is 19.6 Å².